The number of aliphatic hydroxyl groups is 1. The van der Waals surface area contributed by atoms with E-state index in [1.54, 1.807) is 35.0 Å². The normalized spacial score (nSPS) is 15.4. The highest BCUT2D eigenvalue weighted by molar-refractivity contribution is 5.87. The number of alkyl halides is 3. The number of hydrogen-bond acceptors (Lipinski definition) is 4. The van der Waals surface area contributed by atoms with Crippen molar-refractivity contribution < 1.29 is 23.1 Å². The van der Waals surface area contributed by atoms with Gasteiger partial charge in [0.05, 0.1) is 11.1 Å². The van der Waals surface area contributed by atoms with E-state index >= 15 is 0 Å². The van der Waals surface area contributed by atoms with Gasteiger partial charge in [-0.05, 0) is 48.4 Å². The Morgan fingerprint density at radius 3 is 2.53 bits per heavy atom. The van der Waals surface area contributed by atoms with Gasteiger partial charge >= 0.3 is 6.18 Å². The zero-order valence-electron chi connectivity index (χ0n) is 16.3. The fourth-order valence-corrected chi connectivity index (χ4v) is 3.38. The highest BCUT2D eigenvalue weighted by Gasteiger charge is 2.38. The minimum absolute atomic E-state index is 0.0352. The Morgan fingerprint density at radius 2 is 1.93 bits per heavy atom. The van der Waals surface area contributed by atoms with Crippen LogP contribution in [0.4, 0.5) is 13.2 Å². The molecule has 1 fully saturated rings. The molecular formula is C21H21F3N4O2. The molecule has 1 heterocycles. The molecule has 9 heteroatoms. The van der Waals surface area contributed by atoms with E-state index in [4.69, 9.17) is 0 Å². The average Bonchev–Trinajstić information content (AvgIpc) is 3.43. The molecule has 158 valence electrons. The molecule has 1 aliphatic carbocycles. The van der Waals surface area contributed by atoms with Crippen LogP contribution in [0.25, 0.3) is 22.2 Å². The Labute approximate surface area is 170 Å². The minimum atomic E-state index is -4.58. The number of fused-ring (bicyclic) bond motifs is 1. The van der Waals surface area contributed by atoms with Crippen molar-refractivity contribution in [3.63, 3.8) is 0 Å². The standard InChI is InChI=1S/C21H21F3N4O2/c1-12(29)20(30)25-10-13-4-6-15(7-5-13)16-8-9-17-19(18(16)21(22,23)24)26-27-28(17)11-14-2-3-14/h4-9,12,14,29H,2-3,10-11H2,1H3,(H,25,30)/t12-/m1/s1. The molecule has 1 amide bonds. The van der Waals surface area contributed by atoms with Crippen LogP contribution in [0, 0.1) is 5.92 Å². The van der Waals surface area contributed by atoms with Crippen molar-refractivity contribution in [2.75, 3.05) is 0 Å². The first-order valence-corrected chi connectivity index (χ1v) is 9.72. The summed E-state index contributed by atoms with van der Waals surface area (Å²) < 4.78 is 43.4. The van der Waals surface area contributed by atoms with Gasteiger partial charge in [0.2, 0.25) is 5.91 Å². The van der Waals surface area contributed by atoms with Crippen molar-refractivity contribution in [2.24, 2.45) is 5.92 Å². The first-order valence-electron chi connectivity index (χ1n) is 9.72. The number of amides is 1. The van der Waals surface area contributed by atoms with E-state index in [-0.39, 0.29) is 17.6 Å². The topological polar surface area (TPSA) is 80.0 Å². The molecule has 1 aromatic heterocycles. The number of rotatable bonds is 6. The Morgan fingerprint density at radius 1 is 1.23 bits per heavy atom. The number of nitrogens with zero attached hydrogens (tertiary/aromatic N) is 3. The molecule has 0 bridgehead atoms. The summed E-state index contributed by atoms with van der Waals surface area (Å²) in [5.74, 6) is -0.0519. The molecule has 0 spiro atoms. The lowest BCUT2D eigenvalue weighted by Gasteiger charge is -2.14. The Bertz CT molecular complexity index is 1070. The van der Waals surface area contributed by atoms with Gasteiger partial charge in [0, 0.05) is 13.1 Å². The average molecular weight is 418 g/mol. The van der Waals surface area contributed by atoms with Crippen LogP contribution in [-0.2, 0) is 24.1 Å². The molecule has 0 unspecified atom stereocenters. The van der Waals surface area contributed by atoms with Crippen LogP contribution in [0.5, 0.6) is 0 Å². The fourth-order valence-electron chi connectivity index (χ4n) is 3.38. The van der Waals surface area contributed by atoms with Gasteiger partial charge in [-0.3, -0.25) is 4.79 Å². The van der Waals surface area contributed by atoms with Gasteiger partial charge in [0.1, 0.15) is 11.6 Å². The number of carbonyl (C=O) groups is 1. The van der Waals surface area contributed by atoms with Gasteiger partial charge in [-0.15, -0.1) is 5.10 Å². The molecule has 1 saturated carbocycles. The third-order valence-electron chi connectivity index (χ3n) is 5.21. The van der Waals surface area contributed by atoms with Crippen molar-refractivity contribution in [3.8, 4) is 11.1 Å². The number of hydrogen-bond donors (Lipinski definition) is 2. The Kier molecular flexibility index (Phi) is 5.23. The van der Waals surface area contributed by atoms with Gasteiger partial charge in [-0.1, -0.05) is 35.5 Å². The Hall–Kier alpha value is -2.94. The second-order valence-corrected chi connectivity index (χ2v) is 7.66. The summed E-state index contributed by atoms with van der Waals surface area (Å²) in [5, 5.41) is 19.6. The molecule has 6 nitrogen and oxygen atoms in total. The van der Waals surface area contributed by atoms with Gasteiger partial charge in [-0.2, -0.15) is 13.2 Å². The van der Waals surface area contributed by atoms with Crippen LogP contribution in [0.3, 0.4) is 0 Å². The molecule has 2 aromatic carbocycles. The van der Waals surface area contributed by atoms with Gasteiger partial charge in [0.25, 0.3) is 0 Å². The van der Waals surface area contributed by atoms with Crippen LogP contribution in [0.15, 0.2) is 36.4 Å². The molecule has 2 N–H and O–H groups in total. The highest BCUT2D eigenvalue weighted by atomic mass is 19.4. The SMILES string of the molecule is C[C@@H](O)C(=O)NCc1ccc(-c2ccc3c(nnn3CC3CC3)c2C(F)(F)F)cc1. The second-order valence-electron chi connectivity index (χ2n) is 7.66. The number of benzene rings is 2. The predicted molar refractivity (Wildman–Crippen MR) is 104 cm³/mol. The fraction of sp³-hybridized carbons (Fsp3) is 0.381. The summed E-state index contributed by atoms with van der Waals surface area (Å²) in [6.45, 7) is 2.11. The molecule has 30 heavy (non-hydrogen) atoms. The van der Waals surface area contributed by atoms with E-state index < -0.39 is 23.8 Å². The molecular weight excluding hydrogens is 397 g/mol. The summed E-state index contributed by atoms with van der Waals surface area (Å²) in [4.78, 5) is 11.5. The van der Waals surface area contributed by atoms with E-state index in [9.17, 15) is 23.1 Å². The molecule has 4 rings (SSSR count). The lowest BCUT2D eigenvalue weighted by molar-refractivity contribution is -0.136. The number of aliphatic hydroxyl groups excluding tert-OH is 1. The molecule has 3 aromatic rings. The largest absolute Gasteiger partial charge is 0.419 e. The predicted octanol–water partition coefficient (Wildman–Crippen LogP) is 3.52. The monoisotopic (exact) mass is 418 g/mol. The first kappa shape index (κ1) is 20.3. The van der Waals surface area contributed by atoms with Gasteiger partial charge < -0.3 is 10.4 Å². The number of carbonyl (C=O) groups excluding carboxylic acids is 1. The molecule has 0 aliphatic heterocycles. The molecule has 1 atom stereocenters. The third kappa shape index (κ3) is 4.16. The summed E-state index contributed by atoms with van der Waals surface area (Å²) in [6.07, 6.45) is -3.58. The summed E-state index contributed by atoms with van der Waals surface area (Å²) >= 11 is 0. The third-order valence-corrected chi connectivity index (χ3v) is 5.21. The summed E-state index contributed by atoms with van der Waals surface area (Å²) in [5.41, 5.74) is 0.582. The Balaban J connectivity index is 1.67. The van der Waals surface area contributed by atoms with E-state index in [1.165, 1.54) is 13.0 Å². The van der Waals surface area contributed by atoms with Crippen LogP contribution in [0.1, 0.15) is 30.9 Å². The van der Waals surface area contributed by atoms with E-state index in [0.29, 0.717) is 29.1 Å². The van der Waals surface area contributed by atoms with Crippen LogP contribution < -0.4 is 5.32 Å². The maximum Gasteiger partial charge on any atom is 0.419 e. The van der Waals surface area contributed by atoms with Crippen molar-refractivity contribution in [1.82, 2.24) is 20.3 Å². The van der Waals surface area contributed by atoms with E-state index in [2.05, 4.69) is 15.6 Å². The van der Waals surface area contributed by atoms with Gasteiger partial charge in [-0.25, -0.2) is 4.68 Å². The number of halogens is 3. The van der Waals surface area contributed by atoms with E-state index in [0.717, 1.165) is 12.8 Å². The molecule has 1 aliphatic rings. The summed E-state index contributed by atoms with van der Waals surface area (Å²) in [6, 6.07) is 9.54. The minimum Gasteiger partial charge on any atom is -0.384 e. The quantitative estimate of drug-likeness (QED) is 0.642. The van der Waals surface area contributed by atoms with Crippen molar-refractivity contribution in [1.29, 1.82) is 0 Å². The summed E-state index contributed by atoms with van der Waals surface area (Å²) in [7, 11) is 0. The zero-order valence-corrected chi connectivity index (χ0v) is 16.3. The maximum absolute atomic E-state index is 14.0. The van der Waals surface area contributed by atoms with Crippen LogP contribution >= 0.6 is 0 Å². The van der Waals surface area contributed by atoms with Crippen LogP contribution in [0.2, 0.25) is 0 Å². The maximum atomic E-state index is 14.0. The van der Waals surface area contributed by atoms with Crippen molar-refractivity contribution in [2.45, 2.75) is 45.1 Å². The lowest BCUT2D eigenvalue weighted by atomic mass is 9.97. The molecule has 0 saturated heterocycles. The number of aromatic nitrogens is 3. The smallest absolute Gasteiger partial charge is 0.384 e. The zero-order chi connectivity index (χ0) is 21.5. The second kappa shape index (κ2) is 7.71. The number of nitrogens with one attached hydrogen (secondary N) is 1. The van der Waals surface area contributed by atoms with Crippen molar-refractivity contribution >= 4 is 16.9 Å². The van der Waals surface area contributed by atoms with E-state index in [1.807, 2.05) is 0 Å². The first-order chi connectivity index (χ1) is 14.2. The van der Waals surface area contributed by atoms with Gasteiger partial charge in [0.15, 0.2) is 0 Å². The van der Waals surface area contributed by atoms with Crippen molar-refractivity contribution in [3.05, 3.63) is 47.5 Å². The highest BCUT2D eigenvalue weighted by Crippen LogP contribution is 2.41. The lowest BCUT2D eigenvalue weighted by Crippen LogP contribution is -2.31. The molecule has 0 radical (unpaired) electrons. The van der Waals surface area contributed by atoms with Crippen LogP contribution in [-0.4, -0.2) is 32.1 Å².